The van der Waals surface area contributed by atoms with E-state index >= 15 is 0 Å². The number of nitrogens with zero attached hydrogens (tertiary/aromatic N) is 3. The van der Waals surface area contributed by atoms with Crippen LogP contribution in [0.3, 0.4) is 0 Å². The Balaban J connectivity index is 1.85. The molecule has 148 valence electrons. The Morgan fingerprint density at radius 2 is 2.10 bits per heavy atom. The maximum absolute atomic E-state index is 11.3. The molecule has 0 saturated carbocycles. The Labute approximate surface area is 170 Å². The molecule has 8 nitrogen and oxygen atoms in total. The van der Waals surface area contributed by atoms with Crippen LogP contribution in [0.4, 0.5) is 11.4 Å². The van der Waals surface area contributed by atoms with Crippen LogP contribution in [-0.2, 0) is 9.53 Å². The predicted octanol–water partition coefficient (Wildman–Crippen LogP) is 3.57. The summed E-state index contributed by atoms with van der Waals surface area (Å²) in [5.74, 6) is 6.51. The average molecular weight is 411 g/mol. The van der Waals surface area contributed by atoms with Gasteiger partial charge in [0.1, 0.15) is 11.4 Å². The Hall–Kier alpha value is -3.48. The fourth-order valence-electron chi connectivity index (χ4n) is 2.47. The second-order valence-corrected chi connectivity index (χ2v) is 6.86. The molecular weight excluding hydrogens is 394 g/mol. The summed E-state index contributed by atoms with van der Waals surface area (Å²) < 4.78 is 11.6. The van der Waals surface area contributed by atoms with Crippen molar-refractivity contribution in [3.63, 3.8) is 0 Å². The van der Waals surface area contributed by atoms with Gasteiger partial charge in [-0.15, -0.1) is 11.3 Å². The number of amides is 1. The molecule has 0 atom stereocenters. The van der Waals surface area contributed by atoms with Gasteiger partial charge in [-0.1, -0.05) is 5.92 Å². The summed E-state index contributed by atoms with van der Waals surface area (Å²) in [5, 5.41) is 11.9. The van der Waals surface area contributed by atoms with Crippen molar-refractivity contribution < 1.29 is 19.2 Å². The highest BCUT2D eigenvalue weighted by Crippen LogP contribution is 2.28. The number of nitro groups is 1. The van der Waals surface area contributed by atoms with Crippen molar-refractivity contribution in [3.8, 4) is 17.6 Å². The first kappa shape index (κ1) is 20.3. The van der Waals surface area contributed by atoms with Crippen LogP contribution in [0.2, 0.25) is 0 Å². The van der Waals surface area contributed by atoms with Gasteiger partial charge in [-0.25, -0.2) is 4.98 Å². The summed E-state index contributed by atoms with van der Waals surface area (Å²) in [4.78, 5) is 27.3. The number of fused-ring (bicyclic) bond motifs is 1. The van der Waals surface area contributed by atoms with Crippen LogP contribution >= 0.6 is 11.3 Å². The molecule has 3 aromatic rings. The van der Waals surface area contributed by atoms with E-state index in [-0.39, 0.29) is 18.2 Å². The molecule has 0 radical (unpaired) electrons. The van der Waals surface area contributed by atoms with Gasteiger partial charge < -0.3 is 14.4 Å². The van der Waals surface area contributed by atoms with Crippen LogP contribution in [0.25, 0.3) is 10.2 Å². The second kappa shape index (κ2) is 9.14. The lowest BCUT2D eigenvalue weighted by Crippen LogP contribution is -2.15. The molecule has 0 bridgehead atoms. The van der Waals surface area contributed by atoms with Crippen LogP contribution in [-0.4, -0.2) is 36.8 Å². The maximum atomic E-state index is 11.3. The highest BCUT2D eigenvalue weighted by atomic mass is 32.1. The number of benzene rings is 2. The van der Waals surface area contributed by atoms with Gasteiger partial charge in [-0.2, -0.15) is 0 Å². The van der Waals surface area contributed by atoms with Gasteiger partial charge in [0, 0.05) is 25.3 Å². The number of hydrogen-bond acceptors (Lipinski definition) is 7. The first-order valence-electron chi connectivity index (χ1n) is 8.61. The quantitative estimate of drug-likeness (QED) is 0.147. The molecule has 0 unspecified atom stereocenters. The zero-order valence-corrected chi connectivity index (χ0v) is 16.6. The summed E-state index contributed by atoms with van der Waals surface area (Å²) in [7, 11) is 1.45. The third kappa shape index (κ3) is 4.87. The third-order valence-electron chi connectivity index (χ3n) is 3.90. The van der Waals surface area contributed by atoms with Gasteiger partial charge in [0.2, 0.25) is 6.41 Å². The summed E-state index contributed by atoms with van der Waals surface area (Å²) in [5.41, 5.74) is 1.26. The van der Waals surface area contributed by atoms with Crippen LogP contribution < -0.4 is 9.64 Å². The number of aromatic nitrogens is 1. The molecule has 0 aliphatic heterocycles. The van der Waals surface area contributed by atoms with Crippen LogP contribution in [0.1, 0.15) is 17.5 Å². The maximum Gasteiger partial charge on any atom is 0.294 e. The largest absolute Gasteiger partial charge is 0.468 e. The van der Waals surface area contributed by atoms with E-state index in [1.54, 1.807) is 6.07 Å². The van der Waals surface area contributed by atoms with Crippen molar-refractivity contribution in [2.24, 2.45) is 0 Å². The molecule has 3 rings (SSSR count). The fourth-order valence-corrected chi connectivity index (χ4v) is 3.32. The highest BCUT2D eigenvalue weighted by molar-refractivity contribution is 7.19. The molecule has 1 heterocycles. The molecule has 0 aliphatic rings. The summed E-state index contributed by atoms with van der Waals surface area (Å²) in [6.45, 7) is 2.65. The number of carbonyl (C=O) groups is 1. The first-order valence-corrected chi connectivity index (χ1v) is 9.43. The van der Waals surface area contributed by atoms with E-state index in [0.717, 1.165) is 15.1 Å². The van der Waals surface area contributed by atoms with Gasteiger partial charge in [0.05, 0.1) is 15.1 Å². The van der Waals surface area contributed by atoms with E-state index in [1.807, 2.05) is 25.1 Å². The Morgan fingerprint density at radius 1 is 1.28 bits per heavy atom. The molecule has 0 N–H and O–H groups in total. The molecular formula is C20H17N3O5S. The Morgan fingerprint density at radius 3 is 2.83 bits per heavy atom. The van der Waals surface area contributed by atoms with E-state index in [9.17, 15) is 14.9 Å². The zero-order valence-electron chi connectivity index (χ0n) is 15.7. The van der Waals surface area contributed by atoms with Crippen molar-refractivity contribution in [3.05, 3.63) is 57.1 Å². The van der Waals surface area contributed by atoms with E-state index < -0.39 is 4.92 Å². The van der Waals surface area contributed by atoms with Gasteiger partial charge in [-0.3, -0.25) is 14.9 Å². The molecule has 0 aliphatic carbocycles. The van der Waals surface area contributed by atoms with E-state index in [0.29, 0.717) is 29.3 Å². The SMILES string of the molecule is CCOCOc1ccc2nc(C#Cc3ccc(N(C)C=O)c([N+](=O)[O-])c3)sc2c1. The molecule has 29 heavy (non-hydrogen) atoms. The molecule has 0 fully saturated rings. The van der Waals surface area contributed by atoms with Crippen molar-refractivity contribution in [2.75, 3.05) is 25.3 Å². The molecule has 0 spiro atoms. The molecule has 1 amide bonds. The van der Waals surface area contributed by atoms with E-state index in [1.165, 1.54) is 30.5 Å². The number of nitro benzene ring substituents is 1. The predicted molar refractivity (Wildman–Crippen MR) is 110 cm³/mol. The van der Waals surface area contributed by atoms with Gasteiger partial charge >= 0.3 is 0 Å². The van der Waals surface area contributed by atoms with Crippen LogP contribution in [0.15, 0.2) is 36.4 Å². The number of carbonyl (C=O) groups excluding carboxylic acids is 1. The van der Waals surface area contributed by atoms with Crippen LogP contribution in [0, 0.1) is 22.0 Å². The van der Waals surface area contributed by atoms with Gasteiger partial charge in [-0.05, 0) is 43.2 Å². The van der Waals surface area contributed by atoms with Gasteiger partial charge in [0.15, 0.2) is 11.8 Å². The summed E-state index contributed by atoms with van der Waals surface area (Å²) in [6, 6.07) is 9.98. The fraction of sp³-hybridized carbons (Fsp3) is 0.200. The Kier molecular flexibility index (Phi) is 6.39. The van der Waals surface area contributed by atoms with Crippen molar-refractivity contribution >= 4 is 39.3 Å². The summed E-state index contributed by atoms with van der Waals surface area (Å²) >= 11 is 1.40. The lowest BCUT2D eigenvalue weighted by Gasteiger charge is -2.10. The lowest BCUT2D eigenvalue weighted by atomic mass is 10.1. The molecule has 9 heteroatoms. The third-order valence-corrected chi connectivity index (χ3v) is 4.83. The highest BCUT2D eigenvalue weighted by Gasteiger charge is 2.17. The van der Waals surface area contributed by atoms with Crippen molar-refractivity contribution in [1.82, 2.24) is 4.98 Å². The minimum atomic E-state index is -0.540. The number of hydrogen-bond donors (Lipinski definition) is 0. The second-order valence-electron chi connectivity index (χ2n) is 5.83. The van der Waals surface area contributed by atoms with Crippen molar-refractivity contribution in [2.45, 2.75) is 6.92 Å². The smallest absolute Gasteiger partial charge is 0.294 e. The first-order chi connectivity index (χ1) is 14.0. The van der Waals surface area contributed by atoms with E-state index in [2.05, 4.69) is 16.8 Å². The minimum absolute atomic E-state index is 0.182. The lowest BCUT2D eigenvalue weighted by molar-refractivity contribution is -0.384. The zero-order chi connectivity index (χ0) is 20.8. The number of rotatable bonds is 7. The number of ether oxygens (including phenoxy) is 2. The van der Waals surface area contributed by atoms with E-state index in [4.69, 9.17) is 9.47 Å². The van der Waals surface area contributed by atoms with Crippen molar-refractivity contribution in [1.29, 1.82) is 0 Å². The monoisotopic (exact) mass is 411 g/mol. The molecule has 1 aromatic heterocycles. The number of anilines is 1. The minimum Gasteiger partial charge on any atom is -0.468 e. The summed E-state index contributed by atoms with van der Waals surface area (Å²) in [6.07, 6.45) is 0.515. The van der Waals surface area contributed by atoms with Gasteiger partial charge in [0.25, 0.3) is 5.69 Å². The normalized spacial score (nSPS) is 10.3. The topological polar surface area (TPSA) is 94.8 Å². The molecule has 0 saturated heterocycles. The average Bonchev–Trinajstić information content (AvgIpc) is 3.14. The van der Waals surface area contributed by atoms with Crippen LogP contribution in [0.5, 0.6) is 5.75 Å². The standard InChI is InChI=1S/C20H17N3O5S/c1-3-27-13-28-15-6-7-16-19(11-15)29-20(21-16)9-5-14-4-8-17(22(2)12-24)18(10-14)23(25)26/h4,6-8,10-12H,3,13H2,1-2H3. The number of thiazole rings is 1. The Bertz CT molecular complexity index is 1120. The molecule has 2 aromatic carbocycles.